The summed E-state index contributed by atoms with van der Waals surface area (Å²) in [6.07, 6.45) is -1.24. The van der Waals surface area contributed by atoms with Gasteiger partial charge in [0.2, 0.25) is 5.91 Å². The first-order chi connectivity index (χ1) is 16.6. The van der Waals surface area contributed by atoms with Crippen LogP contribution in [-0.2, 0) is 22.2 Å². The molecule has 1 aromatic heterocycles. The van der Waals surface area contributed by atoms with Gasteiger partial charge >= 0.3 is 6.18 Å². The number of anilines is 1. The predicted octanol–water partition coefficient (Wildman–Crippen LogP) is 6.08. The molecule has 2 heterocycles. The zero-order valence-corrected chi connectivity index (χ0v) is 20.0. The van der Waals surface area contributed by atoms with Crippen LogP contribution < -0.4 is 5.32 Å². The molecule has 1 N–H and O–H groups in total. The van der Waals surface area contributed by atoms with Gasteiger partial charge in [-0.3, -0.25) is 19.3 Å². The Morgan fingerprint density at radius 2 is 1.89 bits per heavy atom. The first-order valence-electron chi connectivity index (χ1n) is 10.00. The van der Waals surface area contributed by atoms with Crippen LogP contribution in [0.4, 0.5) is 23.1 Å². The molecule has 1 aliphatic heterocycles. The average Bonchev–Trinajstić information content (AvgIpc) is 3.34. The van der Waals surface area contributed by atoms with Crippen molar-refractivity contribution < 1.29 is 27.6 Å². The Bertz CT molecular complexity index is 1320. The van der Waals surface area contributed by atoms with Crippen LogP contribution in [0.5, 0.6) is 0 Å². The maximum Gasteiger partial charge on any atom is 0.416 e. The molecular weight excluding hydrogens is 523 g/mol. The number of thiazole rings is 1. The lowest BCUT2D eigenvalue weighted by atomic mass is 10.1. The number of nitrogens with one attached hydrogen (secondary N) is 1. The number of thioether (sulfide) groups is 1. The molecule has 0 aliphatic carbocycles. The van der Waals surface area contributed by atoms with Crippen LogP contribution in [0.2, 0.25) is 5.02 Å². The largest absolute Gasteiger partial charge is 0.416 e. The summed E-state index contributed by atoms with van der Waals surface area (Å²) in [5.74, 6) is -1.21. The number of rotatable bonds is 6. The van der Waals surface area contributed by atoms with Crippen molar-refractivity contribution in [3.63, 3.8) is 0 Å². The Kier molecular flexibility index (Phi) is 7.29. The van der Waals surface area contributed by atoms with Gasteiger partial charge in [0.15, 0.2) is 5.13 Å². The van der Waals surface area contributed by atoms with E-state index in [-0.39, 0.29) is 16.5 Å². The van der Waals surface area contributed by atoms with Crippen molar-refractivity contribution >= 4 is 63.0 Å². The van der Waals surface area contributed by atoms with E-state index < -0.39 is 35.3 Å². The molecule has 1 fully saturated rings. The summed E-state index contributed by atoms with van der Waals surface area (Å²) in [5.41, 5.74) is 0.391. The number of amides is 3. The number of alkyl halides is 3. The summed E-state index contributed by atoms with van der Waals surface area (Å²) in [6.45, 7) is -0.495. The van der Waals surface area contributed by atoms with Crippen molar-refractivity contribution in [3.05, 3.63) is 86.2 Å². The zero-order valence-electron chi connectivity index (χ0n) is 17.6. The van der Waals surface area contributed by atoms with E-state index in [2.05, 4.69) is 10.3 Å². The van der Waals surface area contributed by atoms with Crippen molar-refractivity contribution in [2.24, 2.45) is 0 Å². The number of carbonyl (C=O) groups excluding carboxylic acids is 3. The van der Waals surface area contributed by atoms with Crippen molar-refractivity contribution in [2.75, 3.05) is 11.9 Å². The fourth-order valence-electron chi connectivity index (χ4n) is 3.15. The van der Waals surface area contributed by atoms with E-state index in [0.717, 1.165) is 40.1 Å². The third-order valence-corrected chi connectivity index (χ3v) is 6.85. The summed E-state index contributed by atoms with van der Waals surface area (Å²) in [7, 11) is 0. The molecule has 180 valence electrons. The molecule has 3 aromatic rings. The van der Waals surface area contributed by atoms with E-state index in [9.17, 15) is 27.6 Å². The molecule has 2 aromatic carbocycles. The van der Waals surface area contributed by atoms with E-state index in [4.69, 9.17) is 11.6 Å². The minimum absolute atomic E-state index is 0.183. The van der Waals surface area contributed by atoms with Crippen molar-refractivity contribution in [3.8, 4) is 0 Å². The number of nitrogens with zero attached hydrogens (tertiary/aromatic N) is 2. The van der Waals surface area contributed by atoms with Crippen molar-refractivity contribution in [1.29, 1.82) is 0 Å². The lowest BCUT2D eigenvalue weighted by Gasteiger charge is -2.11. The molecule has 35 heavy (non-hydrogen) atoms. The van der Waals surface area contributed by atoms with Gasteiger partial charge < -0.3 is 5.32 Å². The number of carbonyl (C=O) groups is 3. The molecule has 6 nitrogen and oxygen atoms in total. The molecule has 0 bridgehead atoms. The normalized spacial score (nSPS) is 15.2. The first kappa shape index (κ1) is 25.0. The Hall–Kier alpha value is -3.15. The smallest absolute Gasteiger partial charge is 0.300 e. The van der Waals surface area contributed by atoms with Crippen LogP contribution in [-0.4, -0.2) is 33.5 Å². The lowest BCUT2D eigenvalue weighted by molar-refractivity contribution is -0.137. The predicted molar refractivity (Wildman–Crippen MR) is 129 cm³/mol. The maximum absolute atomic E-state index is 12.9. The van der Waals surface area contributed by atoms with Crippen LogP contribution in [0.15, 0.2) is 59.6 Å². The van der Waals surface area contributed by atoms with Gasteiger partial charge in [-0.05, 0) is 47.2 Å². The summed E-state index contributed by atoms with van der Waals surface area (Å²) in [5, 5.41) is 2.69. The molecule has 1 saturated heterocycles. The van der Waals surface area contributed by atoms with E-state index in [0.29, 0.717) is 21.0 Å². The van der Waals surface area contributed by atoms with Gasteiger partial charge in [0.05, 0.1) is 10.5 Å². The molecule has 0 radical (unpaired) electrons. The van der Waals surface area contributed by atoms with E-state index in [1.54, 1.807) is 36.4 Å². The minimum Gasteiger partial charge on any atom is -0.300 e. The third kappa shape index (κ3) is 6.30. The Morgan fingerprint density at radius 3 is 2.60 bits per heavy atom. The molecule has 0 spiro atoms. The summed E-state index contributed by atoms with van der Waals surface area (Å²) >= 11 is 7.67. The molecule has 0 atom stereocenters. The second-order valence-corrected chi connectivity index (χ2v) is 9.92. The summed E-state index contributed by atoms with van der Waals surface area (Å²) in [6, 6.07) is 11.7. The van der Waals surface area contributed by atoms with E-state index in [1.165, 1.54) is 12.3 Å². The summed E-state index contributed by atoms with van der Waals surface area (Å²) in [4.78, 5) is 43.0. The number of hydrogen-bond acceptors (Lipinski definition) is 6. The molecule has 3 amide bonds. The lowest BCUT2D eigenvalue weighted by Crippen LogP contribution is -2.36. The van der Waals surface area contributed by atoms with Gasteiger partial charge in [-0.2, -0.15) is 13.2 Å². The number of benzene rings is 2. The first-order valence-corrected chi connectivity index (χ1v) is 12.0. The molecule has 0 unspecified atom stereocenters. The Morgan fingerprint density at radius 1 is 1.14 bits per heavy atom. The number of imide groups is 1. The minimum atomic E-state index is -4.44. The van der Waals surface area contributed by atoms with Gasteiger partial charge in [-0.15, -0.1) is 11.3 Å². The zero-order chi connectivity index (χ0) is 25.2. The SMILES string of the molecule is O=C(CN1C(=O)S/C(=C\c2ccc(Cl)cc2)C1=O)Nc1ncc(Cc2cccc(C(F)(F)F)c2)s1. The molecular formula is C23H15ClF3N3O3S2. The highest BCUT2D eigenvalue weighted by Crippen LogP contribution is 2.33. The third-order valence-electron chi connectivity index (χ3n) is 4.78. The van der Waals surface area contributed by atoms with E-state index in [1.807, 2.05) is 0 Å². The van der Waals surface area contributed by atoms with Gasteiger partial charge in [0.1, 0.15) is 6.54 Å². The number of hydrogen-bond donors (Lipinski definition) is 1. The molecule has 4 rings (SSSR count). The second-order valence-electron chi connectivity index (χ2n) is 7.37. The van der Waals surface area contributed by atoms with Crippen LogP contribution in [0.3, 0.4) is 0 Å². The molecule has 12 heteroatoms. The fourth-order valence-corrected chi connectivity index (χ4v) is 4.98. The standard InChI is InChI=1S/C23H15ClF3N3O3S2/c24-16-6-4-13(5-7-16)10-18-20(32)30(22(33)35-18)12-19(31)29-21-28-11-17(34-21)9-14-2-1-3-15(8-14)23(25,26)27/h1-8,10-11H,9,12H2,(H,28,29,31)/b18-10-. The monoisotopic (exact) mass is 537 g/mol. The highest BCUT2D eigenvalue weighted by molar-refractivity contribution is 8.18. The van der Waals surface area contributed by atoms with Gasteiger partial charge in [0.25, 0.3) is 11.1 Å². The quantitative estimate of drug-likeness (QED) is 0.385. The van der Waals surface area contributed by atoms with Crippen LogP contribution in [0, 0.1) is 0 Å². The number of halogens is 4. The Balaban J connectivity index is 1.36. The number of aromatic nitrogens is 1. The van der Waals surface area contributed by atoms with Crippen LogP contribution in [0.1, 0.15) is 21.6 Å². The fraction of sp³-hybridized carbons (Fsp3) is 0.130. The highest BCUT2D eigenvalue weighted by Gasteiger charge is 2.36. The average molecular weight is 538 g/mol. The van der Waals surface area contributed by atoms with Crippen molar-refractivity contribution in [2.45, 2.75) is 12.6 Å². The van der Waals surface area contributed by atoms with Gasteiger partial charge in [-0.1, -0.05) is 41.9 Å². The van der Waals surface area contributed by atoms with Gasteiger partial charge in [0, 0.05) is 22.5 Å². The molecule has 1 aliphatic rings. The highest BCUT2D eigenvalue weighted by atomic mass is 35.5. The topological polar surface area (TPSA) is 79.4 Å². The van der Waals surface area contributed by atoms with Crippen molar-refractivity contribution in [1.82, 2.24) is 9.88 Å². The second kappa shape index (κ2) is 10.2. The van der Waals surface area contributed by atoms with Crippen LogP contribution >= 0.6 is 34.7 Å². The van der Waals surface area contributed by atoms with Gasteiger partial charge in [-0.25, -0.2) is 4.98 Å². The maximum atomic E-state index is 12.9. The molecule has 0 saturated carbocycles. The van der Waals surface area contributed by atoms with E-state index >= 15 is 0 Å². The van der Waals surface area contributed by atoms with Crippen LogP contribution in [0.25, 0.3) is 6.08 Å². The summed E-state index contributed by atoms with van der Waals surface area (Å²) < 4.78 is 38.7. The Labute approximate surface area is 210 Å².